The fourth-order valence-corrected chi connectivity index (χ4v) is 4.52. The lowest BCUT2D eigenvalue weighted by atomic mass is 10.1. The Bertz CT molecular complexity index is 1230. The largest absolute Gasteiger partial charge is 0.458 e. The van der Waals surface area contributed by atoms with Crippen molar-refractivity contribution < 1.29 is 31.8 Å². The highest BCUT2D eigenvalue weighted by molar-refractivity contribution is 7.99. The minimum Gasteiger partial charge on any atom is -0.317 e. The highest BCUT2D eigenvalue weighted by Gasteiger charge is 2.64. The van der Waals surface area contributed by atoms with Gasteiger partial charge in [0.25, 0.3) is 0 Å². The zero-order valence-corrected chi connectivity index (χ0v) is 21.7. The van der Waals surface area contributed by atoms with Gasteiger partial charge in [-0.1, -0.05) is 24.6 Å². The second kappa shape index (κ2) is 11.9. The molecule has 202 valence electrons. The minimum absolute atomic E-state index is 0.0161. The van der Waals surface area contributed by atoms with Crippen LogP contribution < -0.4 is 5.32 Å². The van der Waals surface area contributed by atoms with Crippen LogP contribution in [0.2, 0.25) is 5.02 Å². The zero-order chi connectivity index (χ0) is 27.4. The van der Waals surface area contributed by atoms with Crippen LogP contribution in [-0.2, 0) is 17.8 Å². The summed E-state index contributed by atoms with van der Waals surface area (Å²) in [5, 5.41) is 11.1. The first-order valence-corrected chi connectivity index (χ1v) is 12.6. The van der Waals surface area contributed by atoms with E-state index in [-0.39, 0.29) is 21.3 Å². The van der Waals surface area contributed by atoms with Crippen LogP contribution in [0.4, 0.5) is 22.1 Å². The molecule has 0 bridgehead atoms. The molecule has 3 aromatic rings. The van der Waals surface area contributed by atoms with Crippen molar-refractivity contribution in [3.8, 4) is 16.9 Å². The number of alkyl halides is 4. The SMILES string of the molecule is CCCSc1c(C(F)(OF)C(F)(F)F)nn(C)c1-n1cc(-c2ccc(Cl)c(C=O)c2)cn1.CNC1CC1. The molecule has 1 saturated carbocycles. The number of nitrogens with one attached hydrogen (secondary N) is 1. The normalized spacial score (nSPS) is 15.2. The minimum atomic E-state index is -5.71. The molecule has 37 heavy (non-hydrogen) atoms. The molecular formula is C23H25ClF5N5O2S. The van der Waals surface area contributed by atoms with Crippen molar-refractivity contribution in [2.75, 3.05) is 12.8 Å². The van der Waals surface area contributed by atoms with Crippen LogP contribution in [0, 0.1) is 0 Å². The standard InChI is InChI=1S/C19H16ClF5N4O2S.C4H9N/c1-3-6-32-15-16(18(21,31-25)19(22,23)24)27-28(2)17(15)29-9-13(8-26-29)11-4-5-14(20)12(7-11)10-30;1-5-4-2-3-4/h4-5,7-10H,3,6H2,1-2H3;4-5H,2-3H2,1H3. The number of nitrogens with zero attached hydrogens (tertiary/aromatic N) is 4. The molecule has 1 aromatic carbocycles. The van der Waals surface area contributed by atoms with Crippen molar-refractivity contribution in [1.82, 2.24) is 24.9 Å². The summed E-state index contributed by atoms with van der Waals surface area (Å²) in [6, 6.07) is 5.55. The second-order valence-corrected chi connectivity index (χ2v) is 9.75. The first-order valence-electron chi connectivity index (χ1n) is 11.2. The van der Waals surface area contributed by atoms with E-state index in [9.17, 15) is 26.9 Å². The summed E-state index contributed by atoms with van der Waals surface area (Å²) in [6.07, 6.45) is 1.07. The first kappa shape index (κ1) is 29.1. The third-order valence-electron chi connectivity index (χ3n) is 5.44. The summed E-state index contributed by atoms with van der Waals surface area (Å²) in [5.74, 6) is -4.46. The summed E-state index contributed by atoms with van der Waals surface area (Å²) in [6.45, 7) is 1.78. The third kappa shape index (κ3) is 6.33. The fraction of sp³-hybridized carbons (Fsp3) is 0.435. The van der Waals surface area contributed by atoms with E-state index in [4.69, 9.17) is 11.6 Å². The highest BCUT2D eigenvalue weighted by Crippen LogP contribution is 2.48. The number of aryl methyl sites for hydroxylation is 1. The molecule has 0 saturated heterocycles. The number of rotatable bonds is 9. The van der Waals surface area contributed by atoms with Crippen LogP contribution in [0.15, 0.2) is 35.5 Å². The molecule has 0 spiro atoms. The van der Waals surface area contributed by atoms with E-state index in [1.165, 1.54) is 49.1 Å². The van der Waals surface area contributed by atoms with Crippen LogP contribution in [0.5, 0.6) is 0 Å². The van der Waals surface area contributed by atoms with Crippen LogP contribution in [0.3, 0.4) is 0 Å². The van der Waals surface area contributed by atoms with Crippen molar-refractivity contribution in [3.05, 3.63) is 46.9 Å². The molecule has 2 aromatic heterocycles. The van der Waals surface area contributed by atoms with Gasteiger partial charge in [0.05, 0.1) is 16.1 Å². The van der Waals surface area contributed by atoms with Gasteiger partial charge in [0.2, 0.25) is 0 Å². The zero-order valence-electron chi connectivity index (χ0n) is 20.2. The Morgan fingerprint density at radius 2 is 1.97 bits per heavy atom. The van der Waals surface area contributed by atoms with Gasteiger partial charge in [-0.3, -0.25) is 4.79 Å². The average Bonchev–Trinajstić information content (AvgIpc) is 3.50. The number of hydrogen-bond donors (Lipinski definition) is 1. The van der Waals surface area contributed by atoms with Gasteiger partial charge in [0.1, 0.15) is 0 Å². The number of carbonyl (C=O) groups is 1. The molecule has 14 heteroatoms. The lowest BCUT2D eigenvalue weighted by Gasteiger charge is -2.22. The van der Waals surface area contributed by atoms with Crippen LogP contribution in [0.1, 0.15) is 42.2 Å². The molecule has 1 aliphatic carbocycles. The van der Waals surface area contributed by atoms with Crippen LogP contribution in [0.25, 0.3) is 16.9 Å². The smallest absolute Gasteiger partial charge is 0.317 e. The van der Waals surface area contributed by atoms with E-state index in [0.29, 0.717) is 29.6 Å². The van der Waals surface area contributed by atoms with E-state index >= 15 is 0 Å². The van der Waals surface area contributed by atoms with Gasteiger partial charge in [-0.15, -0.1) is 16.7 Å². The Balaban J connectivity index is 0.000000678. The Morgan fingerprint density at radius 3 is 2.49 bits per heavy atom. The van der Waals surface area contributed by atoms with Crippen LogP contribution >= 0.6 is 23.4 Å². The van der Waals surface area contributed by atoms with Gasteiger partial charge in [0, 0.05) is 30.4 Å². The maximum Gasteiger partial charge on any atom is 0.458 e. The first-order chi connectivity index (χ1) is 17.5. The second-order valence-electron chi connectivity index (χ2n) is 8.23. The van der Waals surface area contributed by atoms with Crippen molar-refractivity contribution in [2.45, 2.75) is 49.2 Å². The summed E-state index contributed by atoms with van der Waals surface area (Å²) >= 11 is 6.80. The molecule has 1 fully saturated rings. The Labute approximate surface area is 219 Å². The summed E-state index contributed by atoms with van der Waals surface area (Å²) < 4.78 is 69.6. The summed E-state index contributed by atoms with van der Waals surface area (Å²) in [7, 11) is 3.29. The molecule has 4 rings (SSSR count). The van der Waals surface area contributed by atoms with Gasteiger partial charge in [-0.05, 0) is 54.3 Å². The Kier molecular flexibility index (Phi) is 9.37. The number of aromatic nitrogens is 4. The molecule has 0 radical (unpaired) electrons. The molecule has 2 heterocycles. The van der Waals surface area contributed by atoms with Gasteiger partial charge in [-0.2, -0.15) is 27.8 Å². The van der Waals surface area contributed by atoms with E-state index in [2.05, 4.69) is 20.5 Å². The predicted octanol–water partition coefficient (Wildman–Crippen LogP) is 6.19. The molecule has 1 N–H and O–H groups in total. The molecule has 7 nitrogen and oxygen atoms in total. The van der Waals surface area contributed by atoms with E-state index < -0.39 is 17.7 Å². The van der Waals surface area contributed by atoms with Gasteiger partial charge in [0.15, 0.2) is 17.8 Å². The molecule has 0 aliphatic heterocycles. The van der Waals surface area contributed by atoms with E-state index in [1.54, 1.807) is 13.0 Å². The molecule has 1 aliphatic rings. The van der Waals surface area contributed by atoms with Crippen molar-refractivity contribution in [3.63, 3.8) is 0 Å². The molecule has 1 atom stereocenters. The average molecular weight is 566 g/mol. The number of hydrogen-bond acceptors (Lipinski definition) is 6. The van der Waals surface area contributed by atoms with E-state index in [0.717, 1.165) is 22.5 Å². The third-order valence-corrected chi connectivity index (χ3v) is 7.06. The van der Waals surface area contributed by atoms with Gasteiger partial charge >= 0.3 is 12.0 Å². The van der Waals surface area contributed by atoms with Crippen molar-refractivity contribution >= 4 is 29.6 Å². The summed E-state index contributed by atoms with van der Waals surface area (Å²) in [5.41, 5.74) is 0.0554. The Morgan fingerprint density at radius 1 is 1.27 bits per heavy atom. The predicted molar refractivity (Wildman–Crippen MR) is 130 cm³/mol. The molecule has 0 amide bonds. The highest BCUT2D eigenvalue weighted by atomic mass is 35.5. The number of aldehydes is 1. The lowest BCUT2D eigenvalue weighted by molar-refractivity contribution is -0.413. The summed E-state index contributed by atoms with van der Waals surface area (Å²) in [4.78, 5) is 13.6. The fourth-order valence-electron chi connectivity index (χ4n) is 3.28. The topological polar surface area (TPSA) is 74.0 Å². The quantitative estimate of drug-likeness (QED) is 0.189. The Hall–Kier alpha value is -2.48. The number of benzene rings is 1. The van der Waals surface area contributed by atoms with Gasteiger partial charge in [-0.25, -0.2) is 9.36 Å². The van der Waals surface area contributed by atoms with Gasteiger partial charge < -0.3 is 5.32 Å². The van der Waals surface area contributed by atoms with Crippen LogP contribution in [-0.4, -0.2) is 50.9 Å². The molecular weight excluding hydrogens is 541 g/mol. The number of thioether (sulfide) groups is 1. The van der Waals surface area contributed by atoms with E-state index in [1.807, 2.05) is 7.05 Å². The maximum atomic E-state index is 14.7. The monoisotopic (exact) mass is 565 g/mol. The van der Waals surface area contributed by atoms with Crippen molar-refractivity contribution in [1.29, 1.82) is 0 Å². The number of carbonyl (C=O) groups excluding carboxylic acids is 1. The molecule has 1 unspecified atom stereocenters. The maximum absolute atomic E-state index is 14.7. The number of halogens is 6. The lowest BCUT2D eigenvalue weighted by Crippen LogP contribution is -2.40. The van der Waals surface area contributed by atoms with Crippen molar-refractivity contribution in [2.24, 2.45) is 7.05 Å².